The highest BCUT2D eigenvalue weighted by Crippen LogP contribution is 2.17. The summed E-state index contributed by atoms with van der Waals surface area (Å²) in [4.78, 5) is 0. The maximum absolute atomic E-state index is 8.81. The van der Waals surface area contributed by atoms with Crippen LogP contribution in [0.4, 0.5) is 0 Å². The van der Waals surface area contributed by atoms with Gasteiger partial charge in [-0.15, -0.1) is 0 Å². The molecule has 0 saturated heterocycles. The van der Waals surface area contributed by atoms with E-state index in [9.17, 15) is 0 Å². The molecule has 2 nitrogen and oxygen atoms in total. The fourth-order valence-corrected chi connectivity index (χ4v) is 3.39. The van der Waals surface area contributed by atoms with Crippen LogP contribution in [0.2, 0.25) is 0 Å². The van der Waals surface area contributed by atoms with Gasteiger partial charge < -0.3 is 9.84 Å². The highest BCUT2D eigenvalue weighted by Gasteiger charge is 1.98. The molecule has 0 aliphatic rings. The van der Waals surface area contributed by atoms with E-state index >= 15 is 0 Å². The van der Waals surface area contributed by atoms with E-state index in [0.717, 1.165) is 12.2 Å². The Morgan fingerprint density at radius 2 is 1.31 bits per heavy atom. The molecule has 0 aromatic heterocycles. The molecule has 26 heavy (non-hydrogen) atoms. The second-order valence-electron chi connectivity index (χ2n) is 7.57. The van der Waals surface area contributed by atoms with Gasteiger partial charge in [-0.25, -0.2) is 0 Å². The Hall–Kier alpha value is -1.02. The predicted octanol–water partition coefficient (Wildman–Crippen LogP) is 7.08. The number of aliphatic hydroxyl groups is 1. The standard InChI is InChI=1S/C24H42O2/c1-2-3-4-5-6-7-8-9-10-11-12-13-14-17-23-18-15-19-24(22-23)26-21-16-20-25/h15,18-19,22,25H,2-14,16-17,20-21H2,1H3. The quantitative estimate of drug-likeness (QED) is 0.283. The minimum Gasteiger partial charge on any atom is -0.493 e. The third kappa shape index (κ3) is 13.2. The summed E-state index contributed by atoms with van der Waals surface area (Å²) in [6.45, 7) is 3.07. The zero-order chi connectivity index (χ0) is 18.7. The molecule has 0 saturated carbocycles. The molecule has 0 heterocycles. The van der Waals surface area contributed by atoms with E-state index in [2.05, 4.69) is 25.1 Å². The van der Waals surface area contributed by atoms with Gasteiger partial charge >= 0.3 is 0 Å². The minimum atomic E-state index is 0.193. The van der Waals surface area contributed by atoms with Crippen LogP contribution in [-0.2, 0) is 6.42 Å². The van der Waals surface area contributed by atoms with Crippen molar-refractivity contribution in [2.24, 2.45) is 0 Å². The topological polar surface area (TPSA) is 29.5 Å². The van der Waals surface area contributed by atoms with Crippen molar-refractivity contribution < 1.29 is 9.84 Å². The van der Waals surface area contributed by atoms with Crippen LogP contribution in [0, 0.1) is 0 Å². The van der Waals surface area contributed by atoms with Crippen LogP contribution >= 0.6 is 0 Å². The number of ether oxygens (including phenoxy) is 1. The van der Waals surface area contributed by atoms with Crippen molar-refractivity contribution in [2.45, 2.75) is 103 Å². The van der Waals surface area contributed by atoms with Gasteiger partial charge in [0.15, 0.2) is 0 Å². The van der Waals surface area contributed by atoms with Gasteiger partial charge in [0, 0.05) is 13.0 Å². The Kier molecular flexibility index (Phi) is 15.4. The predicted molar refractivity (Wildman–Crippen MR) is 113 cm³/mol. The second kappa shape index (κ2) is 17.4. The van der Waals surface area contributed by atoms with Crippen molar-refractivity contribution in [3.05, 3.63) is 29.8 Å². The summed E-state index contributed by atoms with van der Waals surface area (Å²) in [5, 5.41) is 8.81. The van der Waals surface area contributed by atoms with Crippen LogP contribution < -0.4 is 4.74 Å². The maximum atomic E-state index is 8.81. The second-order valence-corrected chi connectivity index (χ2v) is 7.57. The fraction of sp³-hybridized carbons (Fsp3) is 0.750. The van der Waals surface area contributed by atoms with Crippen LogP contribution in [0.15, 0.2) is 24.3 Å². The van der Waals surface area contributed by atoms with Gasteiger partial charge in [-0.3, -0.25) is 0 Å². The van der Waals surface area contributed by atoms with E-state index in [1.807, 2.05) is 6.07 Å². The van der Waals surface area contributed by atoms with Gasteiger partial charge in [0.1, 0.15) is 5.75 Å². The molecule has 150 valence electrons. The lowest BCUT2D eigenvalue weighted by Gasteiger charge is -2.07. The molecule has 0 radical (unpaired) electrons. The van der Waals surface area contributed by atoms with Crippen molar-refractivity contribution >= 4 is 0 Å². The van der Waals surface area contributed by atoms with Crippen LogP contribution in [0.5, 0.6) is 5.75 Å². The molecule has 0 bridgehead atoms. The highest BCUT2D eigenvalue weighted by atomic mass is 16.5. The first-order valence-corrected chi connectivity index (χ1v) is 11.2. The summed E-state index contributed by atoms with van der Waals surface area (Å²) in [6.07, 6.45) is 20.1. The molecule has 1 rings (SSSR count). The molecule has 0 unspecified atom stereocenters. The largest absolute Gasteiger partial charge is 0.493 e. The molecule has 0 aliphatic carbocycles. The lowest BCUT2D eigenvalue weighted by molar-refractivity contribution is 0.233. The van der Waals surface area contributed by atoms with Gasteiger partial charge in [-0.2, -0.15) is 0 Å². The number of rotatable bonds is 18. The Morgan fingerprint density at radius 1 is 0.731 bits per heavy atom. The molecule has 0 atom stereocenters. The molecule has 2 heteroatoms. The number of aryl methyl sites for hydroxylation is 1. The molecule has 0 amide bonds. The van der Waals surface area contributed by atoms with Crippen LogP contribution in [0.1, 0.15) is 102 Å². The number of aliphatic hydroxyl groups excluding tert-OH is 1. The molecule has 1 N–H and O–H groups in total. The van der Waals surface area contributed by atoms with E-state index < -0.39 is 0 Å². The SMILES string of the molecule is CCCCCCCCCCCCCCCc1cccc(OCCCO)c1. The summed E-state index contributed by atoms with van der Waals surface area (Å²) in [5.74, 6) is 0.936. The van der Waals surface area contributed by atoms with Crippen LogP contribution in [0.3, 0.4) is 0 Å². The van der Waals surface area contributed by atoms with E-state index in [4.69, 9.17) is 9.84 Å². The lowest BCUT2D eigenvalue weighted by atomic mass is 10.0. The Bertz CT molecular complexity index is 416. The zero-order valence-corrected chi connectivity index (χ0v) is 17.2. The van der Waals surface area contributed by atoms with Crippen LogP contribution in [-0.4, -0.2) is 18.3 Å². The zero-order valence-electron chi connectivity index (χ0n) is 17.2. The monoisotopic (exact) mass is 362 g/mol. The lowest BCUT2D eigenvalue weighted by Crippen LogP contribution is -2.00. The normalized spacial score (nSPS) is 11.0. The summed E-state index contributed by atoms with van der Waals surface area (Å²) in [6, 6.07) is 8.42. The molecular weight excluding hydrogens is 320 g/mol. The molecule has 0 fully saturated rings. The van der Waals surface area contributed by atoms with Crippen molar-refractivity contribution in [2.75, 3.05) is 13.2 Å². The van der Waals surface area contributed by atoms with Crippen molar-refractivity contribution in [1.29, 1.82) is 0 Å². The van der Waals surface area contributed by atoms with E-state index in [1.165, 1.54) is 89.0 Å². The fourth-order valence-electron chi connectivity index (χ4n) is 3.39. The first kappa shape index (κ1) is 23.0. The molecule has 0 aliphatic heterocycles. The van der Waals surface area contributed by atoms with Crippen molar-refractivity contribution in [3.63, 3.8) is 0 Å². The Labute approximate surface area is 162 Å². The first-order valence-electron chi connectivity index (χ1n) is 11.2. The first-order chi connectivity index (χ1) is 12.9. The number of hydrogen-bond donors (Lipinski definition) is 1. The Balaban J connectivity index is 1.92. The van der Waals surface area contributed by atoms with E-state index in [0.29, 0.717) is 13.0 Å². The van der Waals surface area contributed by atoms with E-state index in [1.54, 1.807) is 0 Å². The highest BCUT2D eigenvalue weighted by molar-refractivity contribution is 5.28. The molecule has 1 aromatic carbocycles. The summed E-state index contributed by atoms with van der Waals surface area (Å²) in [5.41, 5.74) is 1.37. The number of benzene rings is 1. The van der Waals surface area contributed by atoms with Crippen molar-refractivity contribution in [1.82, 2.24) is 0 Å². The van der Waals surface area contributed by atoms with Gasteiger partial charge in [-0.05, 0) is 30.5 Å². The minimum absolute atomic E-state index is 0.193. The third-order valence-corrected chi connectivity index (χ3v) is 5.04. The van der Waals surface area contributed by atoms with Crippen LogP contribution in [0.25, 0.3) is 0 Å². The van der Waals surface area contributed by atoms with Gasteiger partial charge in [0.25, 0.3) is 0 Å². The van der Waals surface area contributed by atoms with Gasteiger partial charge in [-0.1, -0.05) is 96.1 Å². The van der Waals surface area contributed by atoms with Gasteiger partial charge in [0.2, 0.25) is 0 Å². The van der Waals surface area contributed by atoms with E-state index in [-0.39, 0.29) is 6.61 Å². The smallest absolute Gasteiger partial charge is 0.119 e. The molecule has 0 spiro atoms. The average Bonchev–Trinajstić information content (AvgIpc) is 2.66. The Morgan fingerprint density at radius 3 is 1.88 bits per heavy atom. The summed E-state index contributed by atoms with van der Waals surface area (Å²) < 4.78 is 5.65. The van der Waals surface area contributed by atoms with Crippen molar-refractivity contribution in [3.8, 4) is 5.75 Å². The molecular formula is C24H42O2. The molecule has 1 aromatic rings. The summed E-state index contributed by atoms with van der Waals surface area (Å²) >= 11 is 0. The number of hydrogen-bond acceptors (Lipinski definition) is 2. The third-order valence-electron chi connectivity index (χ3n) is 5.04. The summed E-state index contributed by atoms with van der Waals surface area (Å²) in [7, 11) is 0. The average molecular weight is 363 g/mol. The maximum Gasteiger partial charge on any atom is 0.119 e. The van der Waals surface area contributed by atoms with Gasteiger partial charge in [0.05, 0.1) is 6.61 Å². The number of unbranched alkanes of at least 4 members (excludes halogenated alkanes) is 12.